The molecule has 1 spiro atoms. The van der Waals surface area contributed by atoms with E-state index in [0.717, 1.165) is 44.5 Å². The number of furan rings is 1. The number of para-hydroxylation sites is 3. The average Bonchev–Trinajstić information content (AvgIpc) is 3.87. The summed E-state index contributed by atoms with van der Waals surface area (Å²) in [5.41, 5.74) is 15.8. The smallest absolute Gasteiger partial charge is 0.364 e. The van der Waals surface area contributed by atoms with Crippen LogP contribution < -0.4 is 14.3 Å². The van der Waals surface area contributed by atoms with Gasteiger partial charge in [-0.3, -0.25) is 0 Å². The summed E-state index contributed by atoms with van der Waals surface area (Å²) in [6.45, 7) is 11.9. The first-order chi connectivity index (χ1) is 25.7. The second kappa shape index (κ2) is 10.5. The third-order valence-electron chi connectivity index (χ3n) is 11.8. The molecule has 0 saturated carbocycles. The van der Waals surface area contributed by atoms with Crippen molar-refractivity contribution < 1.29 is 13.6 Å². The number of pyridine rings is 1. The zero-order chi connectivity index (χ0) is 35.8. The lowest BCUT2D eigenvalue weighted by molar-refractivity contribution is -0.944. The highest BCUT2D eigenvalue weighted by atomic mass is 28.3. The summed E-state index contributed by atoms with van der Waals surface area (Å²) in [5.74, 6) is 1.13. The zero-order valence-electron chi connectivity index (χ0n) is 30.6. The molecule has 0 radical (unpaired) electrons. The van der Waals surface area contributed by atoms with Crippen LogP contribution in [0.4, 0.5) is 0 Å². The van der Waals surface area contributed by atoms with E-state index in [1.165, 1.54) is 55.3 Å². The second-order valence-corrected chi connectivity index (χ2v) is 21.0. The molecule has 0 N–H and O–H groups in total. The molecule has 0 fully saturated rings. The van der Waals surface area contributed by atoms with Gasteiger partial charge in [0.25, 0.3) is 0 Å². The van der Waals surface area contributed by atoms with Crippen molar-refractivity contribution >= 4 is 46.2 Å². The van der Waals surface area contributed by atoms with Crippen LogP contribution in [-0.4, -0.2) is 12.6 Å². The van der Waals surface area contributed by atoms with Gasteiger partial charge in [0.05, 0.1) is 24.8 Å². The van der Waals surface area contributed by atoms with Crippen molar-refractivity contribution in [2.24, 2.45) is 0 Å². The minimum atomic E-state index is -1.74. The van der Waals surface area contributed by atoms with Crippen LogP contribution in [0.1, 0.15) is 22.3 Å². The first-order valence-electron chi connectivity index (χ1n) is 18.6. The van der Waals surface area contributed by atoms with E-state index < -0.39 is 13.7 Å². The first kappa shape index (κ1) is 30.6. The van der Waals surface area contributed by atoms with Crippen LogP contribution in [0, 0.1) is 13.8 Å². The number of benzene rings is 6. The molecule has 1 atom stereocenters. The molecule has 0 amide bonds. The molecule has 0 saturated heterocycles. The second-order valence-electron chi connectivity index (χ2n) is 16.0. The van der Waals surface area contributed by atoms with E-state index in [1.807, 2.05) is 0 Å². The lowest BCUT2D eigenvalue weighted by atomic mass is 9.88. The highest BCUT2D eigenvalue weighted by Gasteiger charge is 2.67. The monoisotopic (exact) mass is 701 g/mol. The molecule has 11 rings (SSSR count). The zero-order valence-corrected chi connectivity index (χ0v) is 31.6. The fourth-order valence-corrected chi connectivity index (χ4v) is 11.3. The molecule has 6 aromatic carbocycles. The van der Waals surface area contributed by atoms with E-state index in [-0.39, 0.29) is 0 Å². The summed E-state index contributed by atoms with van der Waals surface area (Å²) in [7, 11) is -1.74. The number of hydrogen-bond donors (Lipinski definition) is 0. The Balaban J connectivity index is 1.34. The van der Waals surface area contributed by atoms with Crippen LogP contribution in [-0.2, 0) is 5.66 Å². The Labute approximate surface area is 309 Å². The summed E-state index contributed by atoms with van der Waals surface area (Å²) in [4.78, 5) is 0. The molecule has 2 aliphatic heterocycles. The minimum Gasteiger partial charge on any atom is -0.455 e. The van der Waals surface area contributed by atoms with Crippen LogP contribution in [0.5, 0.6) is 0 Å². The predicted octanol–water partition coefficient (Wildman–Crippen LogP) is 10.2. The molecular formula is C48H39N3OSi+2. The van der Waals surface area contributed by atoms with Gasteiger partial charge in [0, 0.05) is 22.0 Å². The number of imidazole rings is 1. The maximum absolute atomic E-state index is 6.99. The molecule has 9 aromatic rings. The summed E-state index contributed by atoms with van der Waals surface area (Å²) in [6.07, 6.45) is 2.52. The molecular weight excluding hydrogens is 663 g/mol. The Bertz CT molecular complexity index is 3000. The molecule has 1 unspecified atom stereocenters. The van der Waals surface area contributed by atoms with E-state index in [1.54, 1.807) is 0 Å². The van der Waals surface area contributed by atoms with E-state index in [4.69, 9.17) is 4.42 Å². The Kier molecular flexibility index (Phi) is 6.07. The summed E-state index contributed by atoms with van der Waals surface area (Å²) in [6, 6.07) is 51.3. The molecule has 2 aliphatic rings. The van der Waals surface area contributed by atoms with Crippen molar-refractivity contribution in [2.45, 2.75) is 39.2 Å². The van der Waals surface area contributed by atoms with Gasteiger partial charge >= 0.3 is 11.5 Å². The van der Waals surface area contributed by atoms with Crippen LogP contribution in [0.25, 0.3) is 72.4 Å². The van der Waals surface area contributed by atoms with Crippen molar-refractivity contribution in [1.82, 2.24) is 4.57 Å². The fourth-order valence-electron chi connectivity index (χ4n) is 9.55. The Morgan fingerprint density at radius 3 is 2.21 bits per heavy atom. The molecule has 5 heterocycles. The van der Waals surface area contributed by atoms with Crippen LogP contribution in [0.15, 0.2) is 150 Å². The fraction of sp³-hybridized carbons (Fsp3) is 0.125. The number of rotatable bonds is 3. The summed E-state index contributed by atoms with van der Waals surface area (Å²) >= 11 is 0. The van der Waals surface area contributed by atoms with Crippen molar-refractivity contribution in [1.29, 1.82) is 0 Å². The van der Waals surface area contributed by atoms with Gasteiger partial charge in [-0.25, -0.2) is 0 Å². The van der Waals surface area contributed by atoms with E-state index in [2.05, 4.69) is 193 Å². The van der Waals surface area contributed by atoms with Crippen molar-refractivity contribution in [3.63, 3.8) is 0 Å². The van der Waals surface area contributed by atoms with Crippen LogP contribution in [0.2, 0.25) is 19.6 Å². The molecule has 0 aliphatic carbocycles. The minimum absolute atomic E-state index is 0.689. The van der Waals surface area contributed by atoms with Gasteiger partial charge in [-0.15, -0.1) is 9.13 Å². The molecule has 254 valence electrons. The topological polar surface area (TPSA) is 25.8 Å². The molecule has 53 heavy (non-hydrogen) atoms. The number of aromatic nitrogens is 3. The highest BCUT2D eigenvalue weighted by molar-refractivity contribution is 6.88. The lowest BCUT2D eigenvalue weighted by Gasteiger charge is -2.23. The average molecular weight is 702 g/mol. The largest absolute Gasteiger partial charge is 0.455 e. The van der Waals surface area contributed by atoms with Crippen LogP contribution in [0.3, 0.4) is 0 Å². The van der Waals surface area contributed by atoms with E-state index in [9.17, 15) is 0 Å². The lowest BCUT2D eigenvalue weighted by Crippen LogP contribution is -2.72. The SMILES string of the molecule is Cc1ccc2c(c1)C1(c3ccc4c(oc5ccccc54)c3-c3n(-c4ccc(-c5ccccc5)cc4)c4ccccc4[n+]31)[n+]1cc([Si](C)(C)C)c(C)cc1-2. The van der Waals surface area contributed by atoms with Crippen molar-refractivity contribution in [3.8, 4) is 39.5 Å². The Morgan fingerprint density at radius 1 is 0.660 bits per heavy atom. The van der Waals surface area contributed by atoms with E-state index >= 15 is 0 Å². The molecule has 0 bridgehead atoms. The molecule has 3 aromatic heterocycles. The normalized spacial score (nSPS) is 15.7. The first-order valence-corrected chi connectivity index (χ1v) is 22.1. The van der Waals surface area contributed by atoms with E-state index in [0.29, 0.717) is 0 Å². The van der Waals surface area contributed by atoms with Gasteiger partial charge in [0.15, 0.2) is 22.8 Å². The highest BCUT2D eigenvalue weighted by Crippen LogP contribution is 2.52. The predicted molar refractivity (Wildman–Crippen MR) is 218 cm³/mol. The van der Waals surface area contributed by atoms with Gasteiger partial charge in [-0.1, -0.05) is 104 Å². The number of nitrogens with zero attached hydrogens (tertiary/aromatic N) is 3. The summed E-state index contributed by atoms with van der Waals surface area (Å²) in [5, 5.41) is 3.75. The maximum Gasteiger partial charge on any atom is 0.364 e. The number of hydrogen-bond acceptors (Lipinski definition) is 1. The third kappa shape index (κ3) is 3.95. The molecule has 4 nitrogen and oxygen atoms in total. The Hall–Kier alpha value is -6.04. The van der Waals surface area contributed by atoms with Gasteiger partial charge in [-0.2, -0.15) is 4.57 Å². The van der Waals surface area contributed by atoms with Gasteiger partial charge in [-0.05, 0) is 85.1 Å². The summed E-state index contributed by atoms with van der Waals surface area (Å²) < 4.78 is 14.7. The quantitative estimate of drug-likeness (QED) is 0.133. The maximum atomic E-state index is 6.99. The van der Waals surface area contributed by atoms with Crippen molar-refractivity contribution in [2.75, 3.05) is 0 Å². The van der Waals surface area contributed by atoms with Gasteiger partial charge < -0.3 is 4.42 Å². The molecule has 5 heteroatoms. The van der Waals surface area contributed by atoms with Crippen molar-refractivity contribution in [3.05, 3.63) is 168 Å². The van der Waals surface area contributed by atoms with Gasteiger partial charge in [0.1, 0.15) is 16.8 Å². The third-order valence-corrected chi connectivity index (χ3v) is 13.9. The standard InChI is InChI=1S/C48H39N3OSi/c1-30-19-24-37-39(27-30)48(49-29-44(53(3,4)5)31(2)28-42(37)49)38-26-25-36-35-15-9-12-18-43(35)52-46(36)45(38)47-50(40-16-10-11-17-41(40)51(47)48)34-22-20-33(21-23-34)32-13-7-6-8-14-32/h6-29H,1-5H3/q+2. The Morgan fingerprint density at radius 2 is 1.40 bits per heavy atom. The van der Waals surface area contributed by atoms with Gasteiger partial charge in [0.2, 0.25) is 5.69 Å². The number of aryl methyl sites for hydroxylation is 2. The number of fused-ring (bicyclic) bond motifs is 16. The van der Waals surface area contributed by atoms with Crippen LogP contribution >= 0.6 is 0 Å².